The standard InChI is InChI=1S/C19H28N2O7/c1-11(22)15(17(25)27-5)21-16(24)14(20-18(26)28-19(2,3)4)10-12-6-8-13(23)9-7-12/h6-9,11,14-15,22-23H,10H2,1-5H3,(H,20,26)(H,21,24)/t11-,14+,15-/m1/s1. The van der Waals surface area contributed by atoms with Gasteiger partial charge in [-0.3, -0.25) is 4.79 Å². The maximum atomic E-state index is 12.7. The highest BCUT2D eigenvalue weighted by atomic mass is 16.6. The van der Waals surface area contributed by atoms with Crippen LogP contribution >= 0.6 is 0 Å². The first kappa shape index (κ1) is 23.2. The second-order valence-corrected chi connectivity index (χ2v) is 7.32. The summed E-state index contributed by atoms with van der Waals surface area (Å²) in [6, 6.07) is 3.71. The number of aliphatic hydroxyl groups excluding tert-OH is 1. The molecule has 0 heterocycles. The van der Waals surface area contributed by atoms with Crippen molar-refractivity contribution in [1.82, 2.24) is 10.6 Å². The minimum atomic E-state index is -1.29. The Morgan fingerprint density at radius 1 is 1.11 bits per heavy atom. The van der Waals surface area contributed by atoms with E-state index in [-0.39, 0.29) is 12.2 Å². The summed E-state index contributed by atoms with van der Waals surface area (Å²) in [6.07, 6.45) is -1.94. The van der Waals surface area contributed by atoms with Crippen molar-refractivity contribution in [3.63, 3.8) is 0 Å². The van der Waals surface area contributed by atoms with Gasteiger partial charge in [-0.05, 0) is 45.4 Å². The SMILES string of the molecule is COC(=O)[C@H](NC(=O)[C@H](Cc1ccc(O)cc1)NC(=O)OC(C)(C)C)[C@@H](C)O. The van der Waals surface area contributed by atoms with Crippen molar-refractivity contribution in [1.29, 1.82) is 0 Å². The molecular weight excluding hydrogens is 368 g/mol. The second kappa shape index (κ2) is 9.93. The third kappa shape index (κ3) is 7.83. The van der Waals surface area contributed by atoms with Crippen LogP contribution in [0.2, 0.25) is 0 Å². The number of esters is 1. The molecular formula is C19H28N2O7. The van der Waals surface area contributed by atoms with Crippen molar-refractivity contribution in [3.05, 3.63) is 29.8 Å². The Kier molecular flexibility index (Phi) is 8.24. The van der Waals surface area contributed by atoms with Crippen LogP contribution in [-0.2, 0) is 25.5 Å². The number of carbonyl (C=O) groups excluding carboxylic acids is 3. The van der Waals surface area contributed by atoms with Crippen LogP contribution in [-0.4, -0.2) is 59.1 Å². The van der Waals surface area contributed by atoms with Crippen LogP contribution < -0.4 is 10.6 Å². The Hall–Kier alpha value is -2.81. The fraction of sp³-hybridized carbons (Fsp3) is 0.526. The molecule has 1 rings (SSSR count). The molecule has 9 heteroatoms. The quantitative estimate of drug-likeness (QED) is 0.502. The highest BCUT2D eigenvalue weighted by molar-refractivity contribution is 5.90. The molecule has 1 aromatic rings. The lowest BCUT2D eigenvalue weighted by Gasteiger charge is -2.25. The van der Waals surface area contributed by atoms with Gasteiger partial charge in [-0.15, -0.1) is 0 Å². The van der Waals surface area contributed by atoms with Crippen LogP contribution in [0.5, 0.6) is 5.75 Å². The number of aliphatic hydroxyl groups is 1. The lowest BCUT2D eigenvalue weighted by atomic mass is 10.0. The van der Waals surface area contributed by atoms with Crippen LogP contribution in [0.15, 0.2) is 24.3 Å². The first-order valence-corrected chi connectivity index (χ1v) is 8.76. The molecule has 9 nitrogen and oxygen atoms in total. The zero-order chi connectivity index (χ0) is 21.5. The minimum Gasteiger partial charge on any atom is -0.508 e. The molecule has 0 aromatic heterocycles. The number of hydrogen-bond acceptors (Lipinski definition) is 7. The first-order valence-electron chi connectivity index (χ1n) is 8.76. The maximum absolute atomic E-state index is 12.7. The second-order valence-electron chi connectivity index (χ2n) is 7.32. The molecule has 0 radical (unpaired) electrons. The van der Waals surface area contributed by atoms with E-state index in [1.165, 1.54) is 19.1 Å². The normalized spacial score (nSPS) is 14.4. The number of benzene rings is 1. The van der Waals surface area contributed by atoms with Crippen LogP contribution in [0.25, 0.3) is 0 Å². The Morgan fingerprint density at radius 3 is 2.14 bits per heavy atom. The van der Waals surface area contributed by atoms with Crippen molar-refractivity contribution in [3.8, 4) is 5.75 Å². The van der Waals surface area contributed by atoms with E-state index >= 15 is 0 Å². The lowest BCUT2D eigenvalue weighted by molar-refractivity contribution is -0.148. The van der Waals surface area contributed by atoms with E-state index < -0.39 is 41.8 Å². The average Bonchev–Trinajstić information content (AvgIpc) is 2.58. The molecule has 0 aliphatic carbocycles. The number of methoxy groups -OCH3 is 1. The lowest BCUT2D eigenvalue weighted by Crippen LogP contribution is -2.56. The van der Waals surface area contributed by atoms with Gasteiger partial charge in [-0.25, -0.2) is 9.59 Å². The Morgan fingerprint density at radius 2 is 1.68 bits per heavy atom. The van der Waals surface area contributed by atoms with Crippen molar-refractivity contribution in [2.75, 3.05) is 7.11 Å². The van der Waals surface area contributed by atoms with Gasteiger partial charge in [0.25, 0.3) is 0 Å². The fourth-order valence-electron chi connectivity index (χ4n) is 2.28. The summed E-state index contributed by atoms with van der Waals surface area (Å²) in [6.45, 7) is 6.38. The summed E-state index contributed by atoms with van der Waals surface area (Å²) >= 11 is 0. The summed E-state index contributed by atoms with van der Waals surface area (Å²) in [5, 5.41) is 24.0. The molecule has 1 aromatic carbocycles. The smallest absolute Gasteiger partial charge is 0.408 e. The third-order valence-electron chi connectivity index (χ3n) is 3.62. The Labute approximate surface area is 164 Å². The van der Waals surface area contributed by atoms with E-state index in [1.54, 1.807) is 32.9 Å². The van der Waals surface area contributed by atoms with E-state index in [0.29, 0.717) is 5.56 Å². The van der Waals surface area contributed by atoms with E-state index in [2.05, 4.69) is 15.4 Å². The average molecular weight is 396 g/mol. The highest BCUT2D eigenvalue weighted by Gasteiger charge is 2.31. The summed E-state index contributed by atoms with van der Waals surface area (Å²) in [5.74, 6) is -1.45. The molecule has 3 atom stereocenters. The first-order chi connectivity index (χ1) is 12.9. The maximum Gasteiger partial charge on any atom is 0.408 e. The number of rotatable bonds is 7. The number of carbonyl (C=O) groups is 3. The summed E-state index contributed by atoms with van der Waals surface area (Å²) in [7, 11) is 1.14. The predicted octanol–water partition coefficient (Wildman–Crippen LogP) is 0.867. The molecule has 28 heavy (non-hydrogen) atoms. The van der Waals surface area contributed by atoms with Gasteiger partial charge in [-0.2, -0.15) is 0 Å². The molecule has 0 fully saturated rings. The van der Waals surface area contributed by atoms with E-state index in [4.69, 9.17) is 4.74 Å². The van der Waals surface area contributed by atoms with E-state index in [0.717, 1.165) is 7.11 Å². The summed E-state index contributed by atoms with van der Waals surface area (Å²) in [5.41, 5.74) is -0.113. The largest absolute Gasteiger partial charge is 0.508 e. The van der Waals surface area contributed by atoms with Crippen molar-refractivity contribution >= 4 is 18.0 Å². The molecule has 0 saturated heterocycles. The van der Waals surface area contributed by atoms with Crippen molar-refractivity contribution < 1.29 is 34.1 Å². The third-order valence-corrected chi connectivity index (χ3v) is 3.62. The number of ether oxygens (including phenoxy) is 2. The molecule has 0 aliphatic heterocycles. The summed E-state index contributed by atoms with van der Waals surface area (Å²) in [4.78, 5) is 36.6. The molecule has 0 spiro atoms. The topological polar surface area (TPSA) is 134 Å². The molecule has 156 valence electrons. The monoisotopic (exact) mass is 396 g/mol. The number of phenols is 1. The summed E-state index contributed by atoms with van der Waals surface area (Å²) < 4.78 is 9.76. The van der Waals surface area contributed by atoms with Crippen LogP contribution in [0.3, 0.4) is 0 Å². The molecule has 2 amide bonds. The molecule has 0 aliphatic rings. The van der Waals surface area contributed by atoms with Gasteiger partial charge in [0, 0.05) is 6.42 Å². The van der Waals surface area contributed by atoms with Crippen molar-refractivity contribution in [2.24, 2.45) is 0 Å². The number of alkyl carbamates (subject to hydrolysis) is 1. The Balaban J connectivity index is 3.00. The number of phenolic OH excluding ortho intramolecular Hbond substituents is 1. The van der Waals surface area contributed by atoms with Gasteiger partial charge in [-0.1, -0.05) is 12.1 Å². The predicted molar refractivity (Wildman–Crippen MR) is 101 cm³/mol. The zero-order valence-electron chi connectivity index (χ0n) is 16.7. The van der Waals surface area contributed by atoms with Gasteiger partial charge in [0.1, 0.15) is 17.4 Å². The van der Waals surface area contributed by atoms with Gasteiger partial charge < -0.3 is 30.3 Å². The number of aromatic hydroxyl groups is 1. The molecule has 0 unspecified atom stereocenters. The molecule has 4 N–H and O–H groups in total. The van der Waals surface area contributed by atoms with Crippen molar-refractivity contribution in [2.45, 2.75) is 57.9 Å². The fourth-order valence-corrected chi connectivity index (χ4v) is 2.28. The van der Waals surface area contributed by atoms with Gasteiger partial charge >= 0.3 is 12.1 Å². The van der Waals surface area contributed by atoms with E-state index in [9.17, 15) is 24.6 Å². The van der Waals surface area contributed by atoms with Crippen LogP contribution in [0.1, 0.15) is 33.3 Å². The van der Waals surface area contributed by atoms with Crippen LogP contribution in [0, 0.1) is 0 Å². The number of hydrogen-bond donors (Lipinski definition) is 4. The highest BCUT2D eigenvalue weighted by Crippen LogP contribution is 2.13. The van der Waals surface area contributed by atoms with Gasteiger partial charge in [0.15, 0.2) is 6.04 Å². The van der Waals surface area contributed by atoms with E-state index in [1.807, 2.05) is 0 Å². The van der Waals surface area contributed by atoms with Gasteiger partial charge in [0.2, 0.25) is 5.91 Å². The molecule has 0 bridgehead atoms. The van der Waals surface area contributed by atoms with Crippen LogP contribution in [0.4, 0.5) is 4.79 Å². The Bertz CT molecular complexity index is 681. The molecule has 0 saturated carbocycles. The number of amides is 2. The number of nitrogens with one attached hydrogen (secondary N) is 2. The minimum absolute atomic E-state index is 0.0599. The van der Waals surface area contributed by atoms with Gasteiger partial charge in [0.05, 0.1) is 13.2 Å². The zero-order valence-corrected chi connectivity index (χ0v) is 16.7.